The minimum atomic E-state index is -0.978. The largest absolute Gasteiger partial charge is 1.00 e. The molecule has 0 bridgehead atoms. The molecule has 0 aliphatic carbocycles. The van der Waals surface area contributed by atoms with Gasteiger partial charge in [-0.25, -0.2) is 0 Å². The summed E-state index contributed by atoms with van der Waals surface area (Å²) in [7, 11) is 0. The quantitative estimate of drug-likeness (QED) is 0.395. The van der Waals surface area contributed by atoms with Gasteiger partial charge < -0.3 is 14.8 Å². The van der Waals surface area contributed by atoms with E-state index < -0.39 is 5.97 Å². The number of carboxylic acids is 1. The summed E-state index contributed by atoms with van der Waals surface area (Å²) < 4.78 is 0. The third kappa shape index (κ3) is 10.9. The summed E-state index contributed by atoms with van der Waals surface area (Å²) in [5.74, 6) is -0.978. The Labute approximate surface area is 163 Å². The molecule has 0 aliphatic rings. The zero-order chi connectivity index (χ0) is 16.2. The van der Waals surface area contributed by atoms with Gasteiger partial charge in [-0.05, 0) is 62.9 Å². The number of carbonyl (C=O) groups excluding carboxylic acids is 1. The number of benzene rings is 1. The molecule has 1 rings (SSSR count). The van der Waals surface area contributed by atoms with Crippen LogP contribution in [0.1, 0.15) is 57.1 Å². The maximum Gasteiger partial charge on any atom is 1.00 e. The third-order valence-electron chi connectivity index (χ3n) is 4.22. The zero-order valence-electron chi connectivity index (χ0n) is 15.1. The van der Waals surface area contributed by atoms with Gasteiger partial charge in [0.25, 0.3) is 0 Å². The summed E-state index contributed by atoms with van der Waals surface area (Å²) in [6, 6.07) is 8.33. The van der Waals surface area contributed by atoms with Crippen molar-refractivity contribution < 1.29 is 39.5 Å². The van der Waals surface area contributed by atoms with Gasteiger partial charge in [0.05, 0.1) is 0 Å². The van der Waals surface area contributed by atoms with Crippen molar-refractivity contribution in [2.45, 2.75) is 58.8 Å². The molecular weight excluding hydrogens is 297 g/mol. The summed E-state index contributed by atoms with van der Waals surface area (Å²) in [6.45, 7) is 7.97. The Morgan fingerprint density at radius 2 is 1.43 bits per heavy atom. The maximum atomic E-state index is 10.4. The van der Waals surface area contributed by atoms with Gasteiger partial charge in [-0.1, -0.05) is 51.0 Å². The maximum absolute atomic E-state index is 10.4. The van der Waals surface area contributed by atoms with Crippen LogP contribution in [0.25, 0.3) is 0 Å². The summed E-state index contributed by atoms with van der Waals surface area (Å²) in [6.07, 6.45) is 6.90. The Morgan fingerprint density at radius 3 is 1.96 bits per heavy atom. The molecule has 0 aromatic heterocycles. The monoisotopic (exact) mass is 327 g/mol. The molecule has 0 N–H and O–H groups in total. The Balaban J connectivity index is 0.00000484. The summed E-state index contributed by atoms with van der Waals surface area (Å²) in [5, 5.41) is 10.4. The van der Waals surface area contributed by atoms with E-state index in [9.17, 15) is 9.90 Å². The van der Waals surface area contributed by atoms with Crippen molar-refractivity contribution in [1.82, 2.24) is 4.90 Å². The Kier molecular flexibility index (Phi) is 13.8. The normalized spacial score (nSPS) is 10.6. The second-order valence-corrected chi connectivity index (χ2v) is 5.88. The minimum absolute atomic E-state index is 0. The predicted molar refractivity (Wildman–Crippen MR) is 89.7 cm³/mol. The van der Waals surface area contributed by atoms with E-state index >= 15 is 0 Å². The van der Waals surface area contributed by atoms with Crippen molar-refractivity contribution in [3.05, 3.63) is 35.4 Å². The molecule has 0 saturated heterocycles. The molecule has 1 aromatic rings. The van der Waals surface area contributed by atoms with Gasteiger partial charge >= 0.3 is 29.6 Å². The van der Waals surface area contributed by atoms with Gasteiger partial charge in [0.1, 0.15) is 0 Å². The third-order valence-corrected chi connectivity index (χ3v) is 4.22. The van der Waals surface area contributed by atoms with Crippen LogP contribution in [0.4, 0.5) is 0 Å². The number of hydrogen-bond donors (Lipinski definition) is 0. The Morgan fingerprint density at radius 1 is 0.913 bits per heavy atom. The molecule has 0 aliphatic heterocycles. The fourth-order valence-electron chi connectivity index (χ4n) is 2.68. The smallest absolute Gasteiger partial charge is 0.550 e. The molecule has 0 radical (unpaired) electrons. The molecule has 0 heterocycles. The first-order valence-corrected chi connectivity index (χ1v) is 8.65. The number of rotatable bonds is 12. The van der Waals surface area contributed by atoms with Crippen molar-refractivity contribution in [3.63, 3.8) is 0 Å². The van der Waals surface area contributed by atoms with E-state index in [1.165, 1.54) is 37.8 Å². The van der Waals surface area contributed by atoms with Crippen molar-refractivity contribution in [2.75, 3.05) is 19.6 Å². The molecule has 0 fully saturated rings. The van der Waals surface area contributed by atoms with Crippen LogP contribution in [-0.4, -0.2) is 30.5 Å². The van der Waals surface area contributed by atoms with Crippen molar-refractivity contribution in [1.29, 1.82) is 0 Å². The average Bonchev–Trinajstić information content (AvgIpc) is 2.53. The van der Waals surface area contributed by atoms with Crippen LogP contribution < -0.4 is 34.7 Å². The first kappa shape index (κ1) is 22.6. The van der Waals surface area contributed by atoms with E-state index in [0.29, 0.717) is 6.42 Å². The summed E-state index contributed by atoms with van der Waals surface area (Å²) in [4.78, 5) is 12.9. The van der Waals surface area contributed by atoms with Gasteiger partial charge in [-0.2, -0.15) is 0 Å². The van der Waals surface area contributed by atoms with Crippen LogP contribution >= 0.6 is 0 Å². The fraction of sp³-hybridized carbons (Fsp3) is 0.632. The molecule has 0 atom stereocenters. The van der Waals surface area contributed by atoms with Crippen LogP contribution in [0.3, 0.4) is 0 Å². The standard InChI is InChI=1S/C19H31NO2.Na/c1-3-20(4-2)16-8-6-5-7-9-17-10-12-18(13-11-17)14-15-19(21)22;/h10-13H,3-9,14-16H2,1-2H3,(H,21,22);/q;+1/p-1. The minimum Gasteiger partial charge on any atom is -0.550 e. The van der Waals surface area contributed by atoms with Crippen molar-refractivity contribution in [2.24, 2.45) is 0 Å². The topological polar surface area (TPSA) is 43.4 Å². The molecule has 0 amide bonds. The van der Waals surface area contributed by atoms with Gasteiger partial charge in [0.2, 0.25) is 0 Å². The van der Waals surface area contributed by atoms with E-state index in [4.69, 9.17) is 0 Å². The molecule has 1 aromatic carbocycles. The van der Waals surface area contributed by atoms with Crippen LogP contribution in [-0.2, 0) is 17.6 Å². The van der Waals surface area contributed by atoms with Crippen LogP contribution in [0.2, 0.25) is 0 Å². The first-order chi connectivity index (χ1) is 10.7. The molecular formula is C19H30NNaO2. The van der Waals surface area contributed by atoms with Crippen LogP contribution in [0.5, 0.6) is 0 Å². The Hall–Kier alpha value is -0.350. The van der Waals surface area contributed by atoms with Crippen LogP contribution in [0, 0.1) is 0 Å². The SMILES string of the molecule is CCN(CC)CCCCCCc1ccc(CCC(=O)[O-])cc1.[Na+]. The molecule has 4 heteroatoms. The number of carbonyl (C=O) groups is 1. The van der Waals surface area contributed by atoms with Gasteiger partial charge in [0.15, 0.2) is 0 Å². The van der Waals surface area contributed by atoms with Gasteiger partial charge in [-0.3, -0.25) is 0 Å². The second kappa shape index (κ2) is 14.0. The zero-order valence-corrected chi connectivity index (χ0v) is 17.1. The molecule has 3 nitrogen and oxygen atoms in total. The fourth-order valence-corrected chi connectivity index (χ4v) is 2.68. The summed E-state index contributed by atoms with van der Waals surface area (Å²) >= 11 is 0. The Bertz CT molecular complexity index is 416. The predicted octanol–water partition coefficient (Wildman–Crippen LogP) is -0.182. The summed E-state index contributed by atoms with van der Waals surface area (Å²) in [5.41, 5.74) is 2.42. The molecule has 0 unspecified atom stereocenters. The first-order valence-electron chi connectivity index (χ1n) is 8.65. The van der Waals surface area contributed by atoms with E-state index in [0.717, 1.165) is 25.1 Å². The number of carboxylic acid groups (broad SMARTS) is 1. The van der Waals surface area contributed by atoms with E-state index in [2.05, 4.69) is 30.9 Å². The van der Waals surface area contributed by atoms with Crippen LogP contribution in [0.15, 0.2) is 24.3 Å². The molecule has 23 heavy (non-hydrogen) atoms. The molecule has 0 saturated carbocycles. The van der Waals surface area contributed by atoms with E-state index in [-0.39, 0.29) is 36.0 Å². The average molecular weight is 327 g/mol. The van der Waals surface area contributed by atoms with Crippen molar-refractivity contribution in [3.8, 4) is 0 Å². The molecule has 124 valence electrons. The molecule has 0 spiro atoms. The number of aliphatic carboxylic acids is 1. The van der Waals surface area contributed by atoms with E-state index in [1.807, 2.05) is 12.1 Å². The van der Waals surface area contributed by atoms with Gasteiger partial charge in [-0.15, -0.1) is 0 Å². The second-order valence-electron chi connectivity index (χ2n) is 5.88. The van der Waals surface area contributed by atoms with E-state index in [1.54, 1.807) is 0 Å². The van der Waals surface area contributed by atoms with Crippen molar-refractivity contribution >= 4 is 5.97 Å². The number of unbranched alkanes of at least 4 members (excludes halogenated alkanes) is 3. The number of aryl methyl sites for hydroxylation is 2. The number of hydrogen-bond acceptors (Lipinski definition) is 3. The van der Waals surface area contributed by atoms with Gasteiger partial charge in [0, 0.05) is 5.97 Å². The number of nitrogens with zero attached hydrogens (tertiary/aromatic N) is 1.